The zero-order chi connectivity index (χ0) is 21.7. The van der Waals surface area contributed by atoms with Crippen LogP contribution in [0.1, 0.15) is 15.9 Å². The van der Waals surface area contributed by atoms with E-state index < -0.39 is 27.2 Å². The van der Waals surface area contributed by atoms with Crippen molar-refractivity contribution in [2.45, 2.75) is 6.42 Å². The molecular weight excluding hydrogens is 392 g/mol. The first-order valence-corrected chi connectivity index (χ1v) is 9.47. The highest BCUT2D eigenvalue weighted by atomic mass is 16.6. The molecule has 0 atom stereocenters. The number of esters is 1. The first kappa shape index (κ1) is 21.2. The van der Waals surface area contributed by atoms with Crippen LogP contribution in [-0.2, 0) is 11.2 Å². The van der Waals surface area contributed by atoms with Crippen molar-refractivity contribution in [3.8, 4) is 0 Å². The van der Waals surface area contributed by atoms with Crippen LogP contribution in [0, 0.1) is 20.2 Å². The number of methoxy groups -OCH3 is 1. The molecule has 1 heterocycles. The summed E-state index contributed by atoms with van der Waals surface area (Å²) >= 11 is 0. The van der Waals surface area contributed by atoms with Crippen molar-refractivity contribution in [2.24, 2.45) is 0 Å². The van der Waals surface area contributed by atoms with E-state index in [1.807, 2.05) is 18.2 Å². The summed E-state index contributed by atoms with van der Waals surface area (Å²) in [7, 11) is 1.14. The predicted octanol–water partition coefficient (Wildman–Crippen LogP) is 2.65. The second kappa shape index (κ2) is 9.31. The number of non-ortho nitro benzene ring substituents is 1. The highest BCUT2D eigenvalue weighted by Crippen LogP contribution is 2.37. The fourth-order valence-electron chi connectivity index (χ4n) is 3.57. The summed E-state index contributed by atoms with van der Waals surface area (Å²) in [6, 6.07) is 12.0. The zero-order valence-corrected chi connectivity index (χ0v) is 16.5. The summed E-state index contributed by atoms with van der Waals surface area (Å²) in [4.78, 5) is 37.6. The van der Waals surface area contributed by atoms with Crippen LogP contribution in [0.3, 0.4) is 0 Å². The minimum Gasteiger partial charge on any atom is -0.465 e. The van der Waals surface area contributed by atoms with Crippen molar-refractivity contribution < 1.29 is 19.4 Å². The Labute approximate surface area is 173 Å². The van der Waals surface area contributed by atoms with Crippen LogP contribution in [-0.4, -0.2) is 60.5 Å². The van der Waals surface area contributed by atoms with Gasteiger partial charge >= 0.3 is 5.97 Å². The van der Waals surface area contributed by atoms with Crippen LogP contribution < -0.4 is 4.90 Å². The average molecular weight is 414 g/mol. The van der Waals surface area contributed by atoms with Crippen LogP contribution in [0.4, 0.5) is 17.1 Å². The number of nitro groups is 2. The molecule has 0 N–H and O–H groups in total. The summed E-state index contributed by atoms with van der Waals surface area (Å²) in [5.41, 5.74) is 0.143. The van der Waals surface area contributed by atoms with Crippen LogP contribution in [0.2, 0.25) is 0 Å². The SMILES string of the molecule is COC(=O)c1cc([N+](=O)[O-])cc([N+](=O)[O-])c1N1CCN(CCc2ccccc2)CC1. The first-order valence-electron chi connectivity index (χ1n) is 9.47. The second-order valence-electron chi connectivity index (χ2n) is 6.93. The Morgan fingerprint density at radius 1 is 1.03 bits per heavy atom. The van der Waals surface area contributed by atoms with Gasteiger partial charge in [-0.15, -0.1) is 0 Å². The molecule has 1 aliphatic heterocycles. The molecule has 10 heteroatoms. The molecule has 0 bridgehead atoms. The van der Waals surface area contributed by atoms with Gasteiger partial charge in [0.05, 0.1) is 28.6 Å². The van der Waals surface area contributed by atoms with E-state index in [0.29, 0.717) is 26.2 Å². The fourth-order valence-corrected chi connectivity index (χ4v) is 3.57. The van der Waals surface area contributed by atoms with Gasteiger partial charge < -0.3 is 9.64 Å². The predicted molar refractivity (Wildman–Crippen MR) is 110 cm³/mol. The first-order chi connectivity index (χ1) is 14.4. The number of hydrogen-bond donors (Lipinski definition) is 0. The fraction of sp³-hybridized carbons (Fsp3) is 0.350. The van der Waals surface area contributed by atoms with Gasteiger partial charge in [-0.2, -0.15) is 0 Å². The summed E-state index contributed by atoms with van der Waals surface area (Å²) in [6.07, 6.45) is 0.895. The van der Waals surface area contributed by atoms with Crippen LogP contribution in [0.25, 0.3) is 0 Å². The van der Waals surface area contributed by atoms with Crippen LogP contribution in [0.5, 0.6) is 0 Å². The molecule has 2 aromatic rings. The van der Waals surface area contributed by atoms with Gasteiger partial charge in [0, 0.05) is 38.8 Å². The Balaban J connectivity index is 1.80. The quantitative estimate of drug-likeness (QED) is 0.385. The van der Waals surface area contributed by atoms with Gasteiger partial charge in [0.25, 0.3) is 11.4 Å². The number of rotatable bonds is 7. The number of nitrogens with zero attached hydrogens (tertiary/aromatic N) is 4. The maximum atomic E-state index is 12.2. The van der Waals surface area contributed by atoms with E-state index in [2.05, 4.69) is 17.0 Å². The zero-order valence-electron chi connectivity index (χ0n) is 16.5. The number of benzene rings is 2. The third kappa shape index (κ3) is 4.71. The minimum atomic E-state index is -0.844. The van der Waals surface area contributed by atoms with E-state index in [1.165, 1.54) is 5.56 Å². The summed E-state index contributed by atoms with van der Waals surface area (Å²) in [6.45, 7) is 3.07. The third-order valence-electron chi connectivity index (χ3n) is 5.14. The van der Waals surface area contributed by atoms with Gasteiger partial charge in [-0.25, -0.2) is 4.79 Å². The van der Waals surface area contributed by atoms with Gasteiger partial charge in [0.15, 0.2) is 0 Å². The molecule has 0 amide bonds. The molecule has 1 aliphatic rings. The van der Waals surface area contributed by atoms with E-state index in [-0.39, 0.29) is 11.3 Å². The molecule has 0 aliphatic carbocycles. The lowest BCUT2D eigenvalue weighted by Gasteiger charge is -2.36. The molecule has 10 nitrogen and oxygen atoms in total. The lowest BCUT2D eigenvalue weighted by atomic mass is 10.1. The third-order valence-corrected chi connectivity index (χ3v) is 5.14. The molecule has 2 aromatic carbocycles. The monoisotopic (exact) mass is 414 g/mol. The summed E-state index contributed by atoms with van der Waals surface area (Å²) < 4.78 is 4.72. The molecule has 0 unspecified atom stereocenters. The smallest absolute Gasteiger partial charge is 0.340 e. The number of anilines is 1. The number of carbonyl (C=O) groups excluding carboxylic acids is 1. The Kier molecular flexibility index (Phi) is 6.58. The van der Waals surface area contributed by atoms with Gasteiger partial charge in [-0.3, -0.25) is 25.1 Å². The lowest BCUT2D eigenvalue weighted by molar-refractivity contribution is -0.393. The highest BCUT2D eigenvalue weighted by molar-refractivity contribution is 5.99. The average Bonchev–Trinajstić information content (AvgIpc) is 2.77. The standard InChI is InChI=1S/C20H22N4O6/c1-30-20(25)17-13-16(23(26)27)14-18(24(28)29)19(17)22-11-9-21(10-12-22)8-7-15-5-3-2-4-6-15/h2-6,13-14H,7-12H2,1H3. The molecule has 30 heavy (non-hydrogen) atoms. The number of nitro benzene ring substituents is 2. The topological polar surface area (TPSA) is 119 Å². The maximum Gasteiger partial charge on any atom is 0.340 e. The van der Waals surface area contributed by atoms with Gasteiger partial charge in [-0.05, 0) is 12.0 Å². The van der Waals surface area contributed by atoms with E-state index in [1.54, 1.807) is 4.90 Å². The Bertz CT molecular complexity index is 942. The molecule has 158 valence electrons. The van der Waals surface area contributed by atoms with Crippen molar-refractivity contribution in [1.82, 2.24) is 4.90 Å². The Morgan fingerprint density at radius 3 is 2.27 bits per heavy atom. The number of carbonyl (C=O) groups is 1. The van der Waals surface area contributed by atoms with Crippen molar-refractivity contribution in [3.63, 3.8) is 0 Å². The Hall–Kier alpha value is -3.53. The highest BCUT2D eigenvalue weighted by Gasteiger charge is 2.32. The van der Waals surface area contributed by atoms with E-state index in [9.17, 15) is 25.0 Å². The molecule has 0 radical (unpaired) electrons. The minimum absolute atomic E-state index is 0.0696. The normalized spacial score (nSPS) is 14.4. The Morgan fingerprint density at radius 2 is 1.70 bits per heavy atom. The number of hydrogen-bond acceptors (Lipinski definition) is 8. The van der Waals surface area contributed by atoms with Crippen molar-refractivity contribution in [1.29, 1.82) is 0 Å². The van der Waals surface area contributed by atoms with Crippen molar-refractivity contribution >= 4 is 23.0 Å². The molecule has 3 rings (SSSR count). The van der Waals surface area contributed by atoms with Crippen LogP contribution in [0.15, 0.2) is 42.5 Å². The van der Waals surface area contributed by atoms with Crippen molar-refractivity contribution in [2.75, 3.05) is 44.7 Å². The summed E-state index contributed by atoms with van der Waals surface area (Å²) in [5, 5.41) is 22.8. The van der Waals surface area contributed by atoms with E-state index in [0.717, 1.165) is 32.2 Å². The summed E-state index contributed by atoms with van der Waals surface area (Å²) in [5.74, 6) is -0.844. The molecular formula is C20H22N4O6. The maximum absolute atomic E-state index is 12.2. The molecule has 0 spiro atoms. The van der Waals surface area contributed by atoms with Gasteiger partial charge in [0.1, 0.15) is 5.69 Å². The molecule has 1 fully saturated rings. The molecule has 0 aromatic heterocycles. The lowest BCUT2D eigenvalue weighted by Crippen LogP contribution is -2.47. The van der Waals surface area contributed by atoms with Gasteiger partial charge in [-0.1, -0.05) is 30.3 Å². The molecule has 0 saturated carbocycles. The number of ether oxygens (including phenoxy) is 1. The second-order valence-corrected chi connectivity index (χ2v) is 6.93. The largest absolute Gasteiger partial charge is 0.465 e. The molecule has 1 saturated heterocycles. The number of piperazine rings is 1. The van der Waals surface area contributed by atoms with Gasteiger partial charge in [0.2, 0.25) is 0 Å². The van der Waals surface area contributed by atoms with E-state index in [4.69, 9.17) is 4.74 Å². The van der Waals surface area contributed by atoms with Crippen LogP contribution >= 0.6 is 0 Å². The van der Waals surface area contributed by atoms with Crippen molar-refractivity contribution in [3.05, 3.63) is 73.8 Å². The van der Waals surface area contributed by atoms with E-state index >= 15 is 0 Å².